The van der Waals surface area contributed by atoms with Crippen LogP contribution in [0.25, 0.3) is 11.0 Å². The molecule has 0 amide bonds. The van der Waals surface area contributed by atoms with Crippen molar-refractivity contribution in [1.29, 1.82) is 0 Å². The van der Waals surface area contributed by atoms with Crippen LogP contribution in [0.4, 0.5) is 5.69 Å². The van der Waals surface area contributed by atoms with Crippen molar-refractivity contribution in [3.8, 4) is 0 Å². The molecular formula is C14H22N4. The van der Waals surface area contributed by atoms with Gasteiger partial charge in [0.1, 0.15) is 0 Å². The van der Waals surface area contributed by atoms with E-state index in [-0.39, 0.29) is 0 Å². The van der Waals surface area contributed by atoms with Crippen LogP contribution in [0.3, 0.4) is 0 Å². The Kier molecular flexibility index (Phi) is 3.55. The Morgan fingerprint density at radius 2 is 2.11 bits per heavy atom. The van der Waals surface area contributed by atoms with E-state index in [2.05, 4.69) is 42.2 Å². The fourth-order valence-electron chi connectivity index (χ4n) is 2.34. The van der Waals surface area contributed by atoms with Crippen molar-refractivity contribution < 1.29 is 0 Å². The molecule has 0 fully saturated rings. The van der Waals surface area contributed by atoms with E-state index in [0.29, 0.717) is 12.0 Å². The number of fused-ring (bicyclic) bond motifs is 1. The van der Waals surface area contributed by atoms with Gasteiger partial charge in [0, 0.05) is 18.5 Å². The van der Waals surface area contributed by atoms with Crippen molar-refractivity contribution in [2.75, 3.05) is 5.32 Å². The van der Waals surface area contributed by atoms with E-state index in [1.165, 1.54) is 0 Å². The summed E-state index contributed by atoms with van der Waals surface area (Å²) in [6.07, 6.45) is 3.01. The van der Waals surface area contributed by atoms with Gasteiger partial charge < -0.3 is 5.32 Å². The highest BCUT2D eigenvalue weighted by molar-refractivity contribution is 5.81. The predicted octanol–water partition coefficient (Wildman–Crippen LogP) is 3.12. The lowest BCUT2D eigenvalue weighted by molar-refractivity contribution is 0.511. The maximum absolute atomic E-state index is 4.49. The Morgan fingerprint density at radius 1 is 1.39 bits per heavy atom. The Hall–Kier alpha value is -1.58. The molecule has 1 N–H and O–H groups in total. The predicted molar refractivity (Wildman–Crippen MR) is 75.8 cm³/mol. The lowest BCUT2D eigenvalue weighted by Crippen LogP contribution is -2.24. The van der Waals surface area contributed by atoms with Crippen LogP contribution >= 0.6 is 0 Å². The number of anilines is 1. The molecular weight excluding hydrogens is 224 g/mol. The third-order valence-electron chi connectivity index (χ3n) is 3.46. The Labute approximate surface area is 108 Å². The van der Waals surface area contributed by atoms with Gasteiger partial charge in [-0.15, -0.1) is 0 Å². The molecule has 18 heavy (non-hydrogen) atoms. The van der Waals surface area contributed by atoms with Crippen LogP contribution in [0.15, 0.2) is 12.3 Å². The van der Waals surface area contributed by atoms with Gasteiger partial charge in [-0.1, -0.05) is 20.8 Å². The molecule has 0 bridgehead atoms. The zero-order valence-corrected chi connectivity index (χ0v) is 11.9. The number of pyridine rings is 1. The van der Waals surface area contributed by atoms with Crippen LogP contribution in [-0.2, 0) is 7.05 Å². The SMILES string of the molecule is CCC(Nc1cnc2c(c1)c(C)nn2C)C(C)C. The van der Waals surface area contributed by atoms with Crippen molar-refractivity contribution in [3.63, 3.8) is 0 Å². The zero-order chi connectivity index (χ0) is 13.3. The fourth-order valence-corrected chi connectivity index (χ4v) is 2.34. The summed E-state index contributed by atoms with van der Waals surface area (Å²) < 4.78 is 1.83. The quantitative estimate of drug-likeness (QED) is 0.901. The maximum atomic E-state index is 4.49. The standard InChI is InChI=1S/C14H22N4/c1-6-13(9(2)3)16-11-7-12-10(4)17-18(5)14(12)15-8-11/h7-9,13,16H,6H2,1-5H3. The molecule has 2 heterocycles. The Morgan fingerprint density at radius 3 is 2.72 bits per heavy atom. The monoisotopic (exact) mass is 246 g/mol. The van der Waals surface area contributed by atoms with Crippen molar-refractivity contribution in [1.82, 2.24) is 14.8 Å². The van der Waals surface area contributed by atoms with Crippen molar-refractivity contribution >= 4 is 16.7 Å². The second-order valence-corrected chi connectivity index (χ2v) is 5.21. The van der Waals surface area contributed by atoms with Crippen LogP contribution in [0.2, 0.25) is 0 Å². The molecule has 0 saturated heterocycles. The fraction of sp³-hybridized carbons (Fsp3) is 0.571. The molecule has 0 radical (unpaired) electrons. The minimum atomic E-state index is 0.487. The molecule has 0 aliphatic heterocycles. The van der Waals surface area contributed by atoms with Crippen molar-refractivity contribution in [2.24, 2.45) is 13.0 Å². The summed E-state index contributed by atoms with van der Waals surface area (Å²) in [7, 11) is 1.93. The summed E-state index contributed by atoms with van der Waals surface area (Å²) in [4.78, 5) is 4.49. The molecule has 1 atom stereocenters. The van der Waals surface area contributed by atoms with E-state index in [0.717, 1.165) is 28.8 Å². The van der Waals surface area contributed by atoms with E-state index in [4.69, 9.17) is 0 Å². The van der Waals surface area contributed by atoms with Crippen LogP contribution in [0, 0.1) is 12.8 Å². The molecule has 0 aromatic carbocycles. The van der Waals surface area contributed by atoms with Crippen molar-refractivity contribution in [3.05, 3.63) is 18.0 Å². The van der Waals surface area contributed by atoms with Crippen LogP contribution in [-0.4, -0.2) is 20.8 Å². The highest BCUT2D eigenvalue weighted by Crippen LogP contribution is 2.21. The molecule has 2 rings (SSSR count). The molecule has 2 aromatic rings. The number of nitrogens with zero attached hydrogens (tertiary/aromatic N) is 3. The van der Waals surface area contributed by atoms with E-state index >= 15 is 0 Å². The number of nitrogens with one attached hydrogen (secondary N) is 1. The van der Waals surface area contributed by atoms with Crippen molar-refractivity contribution in [2.45, 2.75) is 40.2 Å². The van der Waals surface area contributed by atoms with E-state index in [1.54, 1.807) is 0 Å². The topological polar surface area (TPSA) is 42.7 Å². The summed E-state index contributed by atoms with van der Waals surface area (Å²) in [6.45, 7) is 8.71. The number of hydrogen-bond donors (Lipinski definition) is 1. The first-order valence-electron chi connectivity index (χ1n) is 6.58. The number of rotatable bonds is 4. The van der Waals surface area contributed by atoms with Gasteiger partial charge in [-0.2, -0.15) is 5.10 Å². The highest BCUT2D eigenvalue weighted by Gasteiger charge is 2.12. The number of hydrogen-bond acceptors (Lipinski definition) is 3. The summed E-state index contributed by atoms with van der Waals surface area (Å²) in [5, 5.41) is 9.08. The smallest absolute Gasteiger partial charge is 0.157 e. The second-order valence-electron chi connectivity index (χ2n) is 5.21. The third kappa shape index (κ3) is 2.33. The molecule has 1 unspecified atom stereocenters. The Balaban J connectivity index is 2.32. The van der Waals surface area contributed by atoms with Gasteiger partial charge in [-0.25, -0.2) is 4.98 Å². The molecule has 4 heteroatoms. The lowest BCUT2D eigenvalue weighted by Gasteiger charge is -2.21. The summed E-state index contributed by atoms with van der Waals surface area (Å²) in [6, 6.07) is 2.64. The minimum Gasteiger partial charge on any atom is -0.381 e. The van der Waals surface area contributed by atoms with Gasteiger partial charge in [0.2, 0.25) is 0 Å². The Bertz CT molecular complexity index is 542. The average Bonchev–Trinajstić information content (AvgIpc) is 2.61. The van der Waals surface area contributed by atoms with Gasteiger partial charge in [0.25, 0.3) is 0 Å². The molecule has 0 saturated carbocycles. The zero-order valence-electron chi connectivity index (χ0n) is 11.9. The van der Waals surface area contributed by atoms with Gasteiger partial charge in [-0.3, -0.25) is 4.68 Å². The van der Waals surface area contributed by atoms with Crippen LogP contribution < -0.4 is 5.32 Å². The summed E-state index contributed by atoms with van der Waals surface area (Å²) in [5.41, 5.74) is 3.05. The van der Waals surface area contributed by atoms with E-state index in [9.17, 15) is 0 Å². The first kappa shape index (κ1) is 12.9. The maximum Gasteiger partial charge on any atom is 0.157 e. The van der Waals surface area contributed by atoms with E-state index < -0.39 is 0 Å². The average molecular weight is 246 g/mol. The van der Waals surface area contributed by atoms with Gasteiger partial charge in [0.05, 0.1) is 17.6 Å². The third-order valence-corrected chi connectivity index (χ3v) is 3.46. The molecule has 0 aliphatic carbocycles. The van der Waals surface area contributed by atoms with Gasteiger partial charge >= 0.3 is 0 Å². The second kappa shape index (κ2) is 4.96. The molecule has 0 aliphatic rings. The highest BCUT2D eigenvalue weighted by atomic mass is 15.3. The molecule has 4 nitrogen and oxygen atoms in total. The van der Waals surface area contributed by atoms with Crippen LogP contribution in [0.1, 0.15) is 32.9 Å². The first-order chi connectivity index (χ1) is 8.52. The van der Waals surface area contributed by atoms with Gasteiger partial charge in [-0.05, 0) is 25.3 Å². The minimum absolute atomic E-state index is 0.487. The van der Waals surface area contributed by atoms with Crippen LogP contribution in [0.5, 0.6) is 0 Å². The van der Waals surface area contributed by atoms with E-state index in [1.807, 2.05) is 24.9 Å². The summed E-state index contributed by atoms with van der Waals surface area (Å²) >= 11 is 0. The number of aromatic nitrogens is 3. The normalized spacial score (nSPS) is 13.2. The molecule has 98 valence electrons. The lowest BCUT2D eigenvalue weighted by atomic mass is 10.0. The van der Waals surface area contributed by atoms with Gasteiger partial charge in [0.15, 0.2) is 5.65 Å². The first-order valence-corrected chi connectivity index (χ1v) is 6.58. The number of aryl methyl sites for hydroxylation is 2. The molecule has 0 spiro atoms. The molecule has 2 aromatic heterocycles. The largest absolute Gasteiger partial charge is 0.381 e. The summed E-state index contributed by atoms with van der Waals surface area (Å²) in [5.74, 6) is 0.612.